The van der Waals surface area contributed by atoms with Gasteiger partial charge in [-0.05, 0) is 68.1 Å². The maximum atomic E-state index is 13.9. The van der Waals surface area contributed by atoms with Gasteiger partial charge in [-0.3, -0.25) is 0 Å². The van der Waals surface area contributed by atoms with Crippen LogP contribution in [0.3, 0.4) is 0 Å². The maximum Gasteiger partial charge on any atom is 0.340 e. The number of benzene rings is 5. The van der Waals surface area contributed by atoms with Crippen molar-refractivity contribution in [1.29, 1.82) is 0 Å². The molecule has 0 radical (unpaired) electrons. The molecule has 8 heteroatoms. The number of carbonyl (C=O) groups excluding carboxylic acids is 2. The molecule has 5 aromatic rings. The van der Waals surface area contributed by atoms with Crippen molar-refractivity contribution in [3.05, 3.63) is 142 Å². The number of esters is 2. The second-order valence-electron chi connectivity index (χ2n) is 16.0. The molecule has 4 aliphatic heterocycles. The van der Waals surface area contributed by atoms with Crippen LogP contribution >= 0.6 is 0 Å². The Labute approximate surface area is 341 Å². The Hall–Kier alpha value is -5.76. The van der Waals surface area contributed by atoms with Crippen molar-refractivity contribution in [3.8, 4) is 23.0 Å². The normalized spacial score (nSPS) is 18.9. The van der Waals surface area contributed by atoms with Gasteiger partial charge in [0.1, 0.15) is 23.0 Å². The van der Waals surface area contributed by atoms with Crippen molar-refractivity contribution in [1.82, 2.24) is 0 Å². The molecule has 8 nitrogen and oxygen atoms in total. The molecule has 0 aliphatic carbocycles. The van der Waals surface area contributed by atoms with Gasteiger partial charge < -0.3 is 28.7 Å². The number of fused-ring (bicyclic) bond motifs is 12. The van der Waals surface area contributed by atoms with Crippen LogP contribution in [-0.2, 0) is 20.7 Å². The van der Waals surface area contributed by atoms with Gasteiger partial charge in [-0.1, -0.05) is 89.8 Å². The monoisotopic (exact) mass is 776 g/mol. The predicted octanol–water partition coefficient (Wildman–Crippen LogP) is 11.6. The van der Waals surface area contributed by atoms with Crippen molar-refractivity contribution in [2.24, 2.45) is 0 Å². The van der Waals surface area contributed by atoms with Crippen LogP contribution in [0.4, 0.5) is 11.4 Å². The average Bonchev–Trinajstić information content (AvgIpc) is 3.71. The van der Waals surface area contributed by atoms with E-state index < -0.39 is 23.1 Å². The summed E-state index contributed by atoms with van der Waals surface area (Å²) in [7, 11) is 0. The lowest BCUT2D eigenvalue weighted by Crippen LogP contribution is -2.37. The van der Waals surface area contributed by atoms with E-state index in [1.165, 1.54) is 0 Å². The molecule has 58 heavy (non-hydrogen) atoms. The zero-order valence-electron chi connectivity index (χ0n) is 34.1. The van der Waals surface area contributed by atoms with Gasteiger partial charge in [0.2, 0.25) is 0 Å². The van der Waals surface area contributed by atoms with Gasteiger partial charge in [-0.2, -0.15) is 0 Å². The number of ether oxygens (including phenoxy) is 4. The molecule has 2 unspecified atom stereocenters. The first kappa shape index (κ1) is 37.8. The van der Waals surface area contributed by atoms with E-state index in [2.05, 4.69) is 73.9 Å². The van der Waals surface area contributed by atoms with E-state index in [1.807, 2.05) is 60.7 Å². The van der Waals surface area contributed by atoms with Crippen molar-refractivity contribution in [2.75, 3.05) is 36.0 Å². The van der Waals surface area contributed by atoms with Crippen molar-refractivity contribution >= 4 is 23.3 Å². The molecule has 5 aromatic carbocycles. The number of nitrogens with zero attached hydrogens (tertiary/aromatic N) is 2. The zero-order chi connectivity index (χ0) is 40.0. The fourth-order valence-corrected chi connectivity index (χ4v) is 9.34. The third-order valence-electron chi connectivity index (χ3n) is 12.4. The van der Waals surface area contributed by atoms with Gasteiger partial charge in [0.05, 0.1) is 11.1 Å². The summed E-state index contributed by atoms with van der Waals surface area (Å²) in [5.74, 6) is 1.48. The maximum absolute atomic E-state index is 13.9. The van der Waals surface area contributed by atoms with Gasteiger partial charge >= 0.3 is 11.9 Å². The molecule has 0 bridgehead atoms. The minimum atomic E-state index is -1.33. The second-order valence-corrected chi connectivity index (χ2v) is 16.0. The molecule has 4 heterocycles. The highest BCUT2D eigenvalue weighted by atomic mass is 16.6. The van der Waals surface area contributed by atoms with Crippen LogP contribution in [-0.4, -0.2) is 38.1 Å². The van der Waals surface area contributed by atoms with Crippen LogP contribution in [0.15, 0.2) is 97.1 Å². The molecular formula is C50H52N2O6. The summed E-state index contributed by atoms with van der Waals surface area (Å²) in [5, 5.41) is 0. The van der Waals surface area contributed by atoms with Crippen LogP contribution in [0, 0.1) is 0 Å². The highest BCUT2D eigenvalue weighted by Gasteiger charge is 2.58. The summed E-state index contributed by atoms with van der Waals surface area (Å²) in [5.41, 5.74) is 4.76. The number of rotatable bonds is 14. The number of unbranched alkanes of at least 4 members (excludes halogenated alkanes) is 4. The first-order valence-corrected chi connectivity index (χ1v) is 21.4. The van der Waals surface area contributed by atoms with Crippen LogP contribution in [0.25, 0.3) is 0 Å². The second kappa shape index (κ2) is 15.2. The zero-order valence-corrected chi connectivity index (χ0v) is 34.1. The van der Waals surface area contributed by atoms with Gasteiger partial charge in [0.25, 0.3) is 0 Å². The minimum Gasteiger partial charge on any atom is -0.456 e. The van der Waals surface area contributed by atoms with Crippen LogP contribution in [0.2, 0.25) is 0 Å². The van der Waals surface area contributed by atoms with Gasteiger partial charge in [-0.15, -0.1) is 0 Å². The molecule has 9 rings (SSSR count). The predicted molar refractivity (Wildman–Crippen MR) is 227 cm³/mol. The quantitative estimate of drug-likeness (QED) is 0.103. The third kappa shape index (κ3) is 5.85. The summed E-state index contributed by atoms with van der Waals surface area (Å²) >= 11 is 0. The topological polar surface area (TPSA) is 77.5 Å². The summed E-state index contributed by atoms with van der Waals surface area (Å²) < 4.78 is 27.2. The van der Waals surface area contributed by atoms with E-state index in [4.69, 9.17) is 18.9 Å². The molecule has 2 atom stereocenters. The average molecular weight is 777 g/mol. The molecule has 0 fully saturated rings. The highest BCUT2D eigenvalue weighted by molar-refractivity contribution is 5.98. The van der Waals surface area contributed by atoms with E-state index in [9.17, 15) is 9.59 Å². The SMILES string of the molecule is CCCCN(CCCC)c1ccc2c(c1)Oc1cc3c(cc1C21OC(=O)c2ccccc21)C1(OC(=O)c2ccccc21)c1ccc(N(CCCC)CCCC)cc1O3. The Morgan fingerprint density at radius 3 is 1.21 bits per heavy atom. The molecule has 0 amide bonds. The lowest BCUT2D eigenvalue weighted by Gasteiger charge is -2.41. The first-order valence-electron chi connectivity index (χ1n) is 21.4. The van der Waals surface area contributed by atoms with Gasteiger partial charge in [-0.25, -0.2) is 9.59 Å². The van der Waals surface area contributed by atoms with Gasteiger partial charge in [0, 0.05) is 89.1 Å². The molecule has 0 aromatic heterocycles. The molecular weight excluding hydrogens is 725 g/mol. The molecule has 0 saturated heterocycles. The van der Waals surface area contributed by atoms with Crippen molar-refractivity contribution in [3.63, 3.8) is 0 Å². The largest absolute Gasteiger partial charge is 0.456 e. The number of hydrogen-bond donors (Lipinski definition) is 0. The fourth-order valence-electron chi connectivity index (χ4n) is 9.34. The summed E-state index contributed by atoms with van der Waals surface area (Å²) in [6, 6.07) is 31.7. The smallest absolute Gasteiger partial charge is 0.340 e. The molecule has 2 spiro atoms. The molecule has 298 valence electrons. The summed E-state index contributed by atoms with van der Waals surface area (Å²) in [6.45, 7) is 12.6. The Bertz CT molecular complexity index is 2230. The van der Waals surface area contributed by atoms with Gasteiger partial charge in [0.15, 0.2) is 11.2 Å². The lowest BCUT2D eigenvalue weighted by molar-refractivity contribution is 0.0208. The Balaban J connectivity index is 1.26. The first-order chi connectivity index (χ1) is 28.4. The summed E-state index contributed by atoms with van der Waals surface area (Å²) in [4.78, 5) is 32.7. The lowest BCUT2D eigenvalue weighted by atomic mass is 9.73. The minimum absolute atomic E-state index is 0.402. The standard InChI is InChI=1S/C50H52N2O6/c1-5-9-25-51(26-10-6-2)33-21-23-39-43(29-33)55-45-32-46-42(31-41(45)49(39)37-19-15-13-17-35(37)47(53)57-49)50(38-20-16-14-18-36(38)48(54)58-50)40-24-22-34(30-44(40)56-46)52(27-11-7-3)28-12-8-4/h13-24,29-32H,5-12,25-28H2,1-4H3. The molecule has 4 aliphatic rings. The van der Waals surface area contributed by atoms with E-state index >= 15 is 0 Å². The van der Waals surface area contributed by atoms with E-state index in [0.717, 1.165) is 111 Å². The van der Waals surface area contributed by atoms with Crippen LogP contribution in [0.1, 0.15) is 133 Å². The molecule has 0 N–H and O–H groups in total. The highest BCUT2D eigenvalue weighted by Crippen LogP contribution is 2.62. The summed E-state index contributed by atoms with van der Waals surface area (Å²) in [6.07, 6.45) is 8.71. The third-order valence-corrected chi connectivity index (χ3v) is 12.4. The van der Waals surface area contributed by atoms with Crippen LogP contribution < -0.4 is 19.3 Å². The Morgan fingerprint density at radius 1 is 0.431 bits per heavy atom. The Morgan fingerprint density at radius 2 is 0.810 bits per heavy atom. The van der Waals surface area contributed by atoms with E-state index in [1.54, 1.807) is 0 Å². The van der Waals surface area contributed by atoms with E-state index in [0.29, 0.717) is 45.3 Å². The number of carbonyl (C=O) groups is 2. The number of anilines is 2. The number of hydrogen-bond acceptors (Lipinski definition) is 8. The van der Waals surface area contributed by atoms with E-state index in [-0.39, 0.29) is 0 Å². The van der Waals surface area contributed by atoms with Crippen molar-refractivity contribution in [2.45, 2.75) is 90.3 Å². The van der Waals surface area contributed by atoms with Crippen LogP contribution in [0.5, 0.6) is 23.0 Å². The van der Waals surface area contributed by atoms with Crippen molar-refractivity contribution < 1.29 is 28.5 Å². The fraction of sp³-hybridized carbons (Fsp3) is 0.360. The Kier molecular flexibility index (Phi) is 9.91. The molecule has 0 saturated carbocycles.